The summed E-state index contributed by atoms with van der Waals surface area (Å²) in [6.07, 6.45) is 2.28. The van der Waals surface area contributed by atoms with Gasteiger partial charge in [-0.3, -0.25) is 19.5 Å². The molecule has 0 aliphatic carbocycles. The van der Waals surface area contributed by atoms with Crippen LogP contribution in [0.3, 0.4) is 0 Å². The van der Waals surface area contributed by atoms with Gasteiger partial charge in [0.2, 0.25) is 11.8 Å². The molecule has 1 atom stereocenters. The second-order valence-electron chi connectivity index (χ2n) is 4.79. The van der Waals surface area contributed by atoms with E-state index in [-0.39, 0.29) is 17.9 Å². The van der Waals surface area contributed by atoms with Gasteiger partial charge < -0.3 is 10.1 Å². The van der Waals surface area contributed by atoms with Crippen molar-refractivity contribution in [1.29, 1.82) is 0 Å². The van der Waals surface area contributed by atoms with E-state index in [4.69, 9.17) is 0 Å². The lowest BCUT2D eigenvalue weighted by molar-refractivity contribution is -0.148. The largest absolute Gasteiger partial charge is 0.465 e. The molecule has 0 aromatic carbocycles. The summed E-state index contributed by atoms with van der Waals surface area (Å²) in [5.41, 5.74) is 1.08. The molecule has 112 valence electrons. The van der Waals surface area contributed by atoms with Crippen LogP contribution in [-0.2, 0) is 20.9 Å². The normalized spacial score (nSPS) is 18.8. The van der Waals surface area contributed by atoms with Crippen molar-refractivity contribution in [1.82, 2.24) is 15.2 Å². The Hall–Kier alpha value is -2.28. The summed E-state index contributed by atoms with van der Waals surface area (Å²) < 4.78 is 4.59. The third kappa shape index (κ3) is 3.43. The third-order valence-electron chi connectivity index (χ3n) is 3.43. The molecule has 1 aliphatic rings. The predicted molar refractivity (Wildman–Crippen MR) is 73.2 cm³/mol. The summed E-state index contributed by atoms with van der Waals surface area (Å²) in [6, 6.07) is 2.94. The molecule has 2 rings (SSSR count). The van der Waals surface area contributed by atoms with Crippen LogP contribution in [0.4, 0.5) is 0 Å². The van der Waals surface area contributed by atoms with Crippen LogP contribution in [0.2, 0.25) is 0 Å². The molecule has 0 bridgehead atoms. The molecule has 7 nitrogen and oxygen atoms in total. The minimum absolute atomic E-state index is 0.154. The van der Waals surface area contributed by atoms with Gasteiger partial charge in [0.15, 0.2) is 0 Å². The van der Waals surface area contributed by atoms with Crippen LogP contribution >= 0.6 is 0 Å². The molecule has 0 radical (unpaired) electrons. The van der Waals surface area contributed by atoms with E-state index in [0.717, 1.165) is 4.90 Å². The summed E-state index contributed by atoms with van der Waals surface area (Å²) >= 11 is 0. The van der Waals surface area contributed by atoms with Crippen molar-refractivity contribution in [3.8, 4) is 0 Å². The Bertz CT molecular complexity index is 556. The first-order chi connectivity index (χ1) is 10.0. The fourth-order valence-electron chi connectivity index (χ4n) is 2.10. The lowest BCUT2D eigenvalue weighted by atomic mass is 10.0. The maximum absolute atomic E-state index is 11.9. The van der Waals surface area contributed by atoms with Gasteiger partial charge in [-0.25, -0.2) is 4.79 Å². The van der Waals surface area contributed by atoms with Gasteiger partial charge in [-0.15, -0.1) is 0 Å². The van der Waals surface area contributed by atoms with Gasteiger partial charge in [0, 0.05) is 26.2 Å². The van der Waals surface area contributed by atoms with Gasteiger partial charge in [-0.1, -0.05) is 0 Å². The number of amides is 2. The van der Waals surface area contributed by atoms with Gasteiger partial charge >= 0.3 is 5.97 Å². The molecule has 1 unspecified atom stereocenters. The second kappa shape index (κ2) is 6.45. The average molecular weight is 291 g/mol. The molecule has 1 aliphatic heterocycles. The maximum Gasteiger partial charge on any atom is 0.339 e. The zero-order valence-corrected chi connectivity index (χ0v) is 12.0. The number of nitrogens with zero attached hydrogens (tertiary/aromatic N) is 2. The number of carbonyl (C=O) groups excluding carboxylic acids is 3. The Labute approximate surface area is 122 Å². The minimum Gasteiger partial charge on any atom is -0.465 e. The molecule has 0 saturated carbocycles. The predicted octanol–water partition coefficient (Wildman–Crippen LogP) is 0.105. The molecule has 0 spiro atoms. The highest BCUT2D eigenvalue weighted by Gasteiger charge is 2.31. The van der Waals surface area contributed by atoms with Crippen LogP contribution in [0.5, 0.6) is 0 Å². The van der Waals surface area contributed by atoms with Crippen LogP contribution < -0.4 is 5.32 Å². The van der Waals surface area contributed by atoms with Crippen molar-refractivity contribution < 1.29 is 19.1 Å². The third-order valence-corrected chi connectivity index (χ3v) is 3.43. The molecule has 1 N–H and O–H groups in total. The number of nitrogens with one attached hydrogen (secondary N) is 1. The number of hydrogen-bond donors (Lipinski definition) is 1. The number of aromatic nitrogens is 1. The van der Waals surface area contributed by atoms with Gasteiger partial charge in [0.1, 0.15) is 0 Å². The van der Waals surface area contributed by atoms with Crippen molar-refractivity contribution in [3.05, 3.63) is 29.6 Å². The topological polar surface area (TPSA) is 88.6 Å². The van der Waals surface area contributed by atoms with E-state index in [9.17, 15) is 14.4 Å². The van der Waals surface area contributed by atoms with Crippen molar-refractivity contribution in [2.45, 2.75) is 25.4 Å². The fraction of sp³-hybridized carbons (Fsp3) is 0.429. The number of imide groups is 1. The number of methoxy groups -OCH3 is 1. The molecule has 7 heteroatoms. The van der Waals surface area contributed by atoms with E-state index >= 15 is 0 Å². The number of carbonyl (C=O) groups is 3. The summed E-state index contributed by atoms with van der Waals surface area (Å²) in [7, 11) is 2.80. The Morgan fingerprint density at radius 2 is 2.24 bits per heavy atom. The molecular formula is C14H17N3O4. The standard InChI is InChI=1S/C14H17N3O4/c1-17-12(18)6-5-11(13(17)19)16-8-10-4-3-9(7-15-10)14(20)21-2/h3-4,7,11,16H,5-6,8H2,1-2H3. The monoisotopic (exact) mass is 291 g/mol. The first-order valence-electron chi connectivity index (χ1n) is 6.60. The van der Waals surface area contributed by atoms with Crippen molar-refractivity contribution in [3.63, 3.8) is 0 Å². The highest BCUT2D eigenvalue weighted by Crippen LogP contribution is 2.12. The molecule has 2 amide bonds. The van der Waals surface area contributed by atoms with Crippen molar-refractivity contribution in [2.75, 3.05) is 14.2 Å². The van der Waals surface area contributed by atoms with Crippen LogP contribution in [0, 0.1) is 0 Å². The van der Waals surface area contributed by atoms with Gasteiger partial charge in [-0.05, 0) is 18.6 Å². The maximum atomic E-state index is 11.9. The summed E-state index contributed by atoms with van der Waals surface area (Å²) in [6.45, 7) is 0.389. The lowest BCUT2D eigenvalue weighted by Crippen LogP contribution is -2.51. The molecule has 21 heavy (non-hydrogen) atoms. The van der Waals surface area contributed by atoms with Crippen LogP contribution in [0.1, 0.15) is 28.9 Å². The second-order valence-corrected chi connectivity index (χ2v) is 4.79. The van der Waals surface area contributed by atoms with E-state index in [1.807, 2.05) is 0 Å². The number of ether oxygens (including phenoxy) is 1. The molecular weight excluding hydrogens is 274 g/mol. The van der Waals surface area contributed by atoms with E-state index in [2.05, 4.69) is 15.0 Å². The van der Waals surface area contributed by atoms with E-state index < -0.39 is 5.97 Å². The molecule has 1 aromatic heterocycles. The number of hydrogen-bond acceptors (Lipinski definition) is 6. The Balaban J connectivity index is 1.92. The average Bonchev–Trinajstić information content (AvgIpc) is 2.52. The van der Waals surface area contributed by atoms with Crippen LogP contribution in [0.25, 0.3) is 0 Å². The smallest absolute Gasteiger partial charge is 0.339 e. The summed E-state index contributed by atoms with van der Waals surface area (Å²) in [5, 5.41) is 3.08. The zero-order chi connectivity index (χ0) is 15.4. The quantitative estimate of drug-likeness (QED) is 0.625. The van der Waals surface area contributed by atoms with Crippen molar-refractivity contribution >= 4 is 17.8 Å². The van der Waals surface area contributed by atoms with Crippen LogP contribution in [0.15, 0.2) is 18.3 Å². The highest BCUT2D eigenvalue weighted by molar-refractivity contribution is 6.00. The summed E-state index contributed by atoms with van der Waals surface area (Å²) in [4.78, 5) is 39.8. The highest BCUT2D eigenvalue weighted by atomic mass is 16.5. The molecule has 2 heterocycles. The minimum atomic E-state index is -0.440. The number of esters is 1. The van der Waals surface area contributed by atoms with Gasteiger partial charge in [0.25, 0.3) is 0 Å². The van der Waals surface area contributed by atoms with E-state index in [1.54, 1.807) is 12.1 Å². The Morgan fingerprint density at radius 3 is 2.86 bits per heavy atom. The summed E-state index contributed by atoms with van der Waals surface area (Å²) in [5.74, 6) is -0.819. The van der Waals surface area contributed by atoms with E-state index in [1.165, 1.54) is 20.4 Å². The first-order valence-corrected chi connectivity index (χ1v) is 6.60. The van der Waals surface area contributed by atoms with E-state index in [0.29, 0.717) is 30.6 Å². The van der Waals surface area contributed by atoms with Gasteiger partial charge in [0.05, 0.1) is 24.4 Å². The molecule has 1 fully saturated rings. The number of likely N-dealkylation sites (tertiary alicyclic amines) is 1. The van der Waals surface area contributed by atoms with Crippen molar-refractivity contribution in [2.24, 2.45) is 0 Å². The van der Waals surface area contributed by atoms with Crippen LogP contribution in [-0.4, -0.2) is 47.9 Å². The first kappa shape index (κ1) is 15.1. The molecule has 1 aromatic rings. The number of likely N-dealkylation sites (N-methyl/N-ethyl adjacent to an activating group) is 1. The Kier molecular flexibility index (Phi) is 4.64. The Morgan fingerprint density at radius 1 is 1.48 bits per heavy atom. The molecule has 1 saturated heterocycles. The number of piperidine rings is 1. The zero-order valence-electron chi connectivity index (χ0n) is 12.0. The number of pyridine rings is 1. The lowest BCUT2D eigenvalue weighted by Gasteiger charge is -2.28. The van der Waals surface area contributed by atoms with Gasteiger partial charge in [-0.2, -0.15) is 0 Å². The SMILES string of the molecule is COC(=O)c1ccc(CNC2CCC(=O)N(C)C2=O)nc1. The fourth-order valence-corrected chi connectivity index (χ4v) is 2.10. The number of rotatable bonds is 4.